The molecule has 5 amide bonds. The van der Waals surface area contributed by atoms with Crippen LogP contribution in [-0.4, -0.2) is 185 Å². The van der Waals surface area contributed by atoms with Gasteiger partial charge in [-0.1, -0.05) is 73.8 Å². The standard InChI is InChI=1S/C62H72ClFN10O11S/c1-5-50(76)72-23-25-73(26-24-72)57-46-36-47(63)52(45-35-42(75)33-40-15-9-10-18-44(40)45)53(64)55(46)68-61(69-57)65-21-20-51(77)70(3)27-28-83-29-30-84-31-32-85-43-17-11-16-41(34-43)56(78)48-37-86-59(66-48)49-19-12-22-74(49)60(80)54(39-13-7-6-8-14-39)67-58(79)38(2)71(4)62(81)82/h5,9-11,15-18,33-39,49,54,75H,1,6-8,12-14,19-32H2,2-4H3,(H,67,79)(H,81,82)(H,65,68,69)/t38-,49-,54-/m0/s1. The van der Waals surface area contributed by atoms with Crippen LogP contribution in [0.4, 0.5) is 21.0 Å². The molecule has 4 aromatic carbocycles. The number of nitrogens with zero attached hydrogens (tertiary/aromatic N) is 8. The monoisotopic (exact) mass is 1220 g/mol. The first kappa shape index (κ1) is 62.5. The molecule has 3 aliphatic rings. The number of amides is 5. The number of nitrogens with one attached hydrogen (secondary N) is 2. The van der Waals surface area contributed by atoms with E-state index in [-0.39, 0.29) is 115 Å². The van der Waals surface area contributed by atoms with Gasteiger partial charge in [0.1, 0.15) is 52.2 Å². The van der Waals surface area contributed by atoms with Crippen molar-refractivity contribution in [2.24, 2.45) is 5.92 Å². The number of phenols is 1. The van der Waals surface area contributed by atoms with Gasteiger partial charge in [-0.25, -0.2) is 19.2 Å². The molecule has 3 atom stereocenters. The molecule has 2 saturated heterocycles. The van der Waals surface area contributed by atoms with Gasteiger partial charge in [0.15, 0.2) is 5.82 Å². The number of likely N-dealkylation sites (N-methyl/N-ethyl adjacent to an activating group) is 2. The van der Waals surface area contributed by atoms with Crippen molar-refractivity contribution in [1.29, 1.82) is 0 Å². The number of anilines is 2. The lowest BCUT2D eigenvalue weighted by Gasteiger charge is -2.35. The highest BCUT2D eigenvalue weighted by atomic mass is 35.5. The molecular formula is C62H72ClFN10O11S. The van der Waals surface area contributed by atoms with Crippen molar-refractivity contribution in [2.75, 3.05) is 103 Å². The number of halogens is 2. The number of rotatable bonds is 25. The van der Waals surface area contributed by atoms with E-state index >= 15 is 4.39 Å². The zero-order chi connectivity index (χ0) is 61.0. The molecule has 456 valence electrons. The molecule has 9 rings (SSSR count). The minimum Gasteiger partial charge on any atom is -0.508 e. The number of carboxylic acid groups (broad SMARTS) is 1. The number of carbonyl (C=O) groups is 6. The number of ether oxygens (including phenoxy) is 3. The predicted molar refractivity (Wildman–Crippen MR) is 325 cm³/mol. The van der Waals surface area contributed by atoms with Crippen LogP contribution in [0.25, 0.3) is 32.8 Å². The fourth-order valence-electron chi connectivity index (χ4n) is 11.2. The normalized spacial score (nSPS) is 16.2. The first-order valence-corrected chi connectivity index (χ1v) is 30.3. The number of likely N-dealkylation sites (tertiary alicyclic amines) is 1. The maximum atomic E-state index is 17.0. The van der Waals surface area contributed by atoms with Crippen LogP contribution in [0, 0.1) is 11.7 Å². The van der Waals surface area contributed by atoms with Crippen LogP contribution in [0.5, 0.6) is 11.5 Å². The van der Waals surface area contributed by atoms with Crippen LogP contribution in [0.2, 0.25) is 5.02 Å². The summed E-state index contributed by atoms with van der Waals surface area (Å²) in [6.07, 6.45) is 5.97. The Hall–Kier alpha value is -7.99. The number of hydrogen-bond donors (Lipinski definition) is 4. The van der Waals surface area contributed by atoms with Gasteiger partial charge in [0, 0.05) is 88.2 Å². The summed E-state index contributed by atoms with van der Waals surface area (Å²) in [6, 6.07) is 16.6. The van der Waals surface area contributed by atoms with Gasteiger partial charge in [-0.05, 0) is 91.3 Å². The highest BCUT2D eigenvalue weighted by Gasteiger charge is 2.41. The lowest BCUT2D eigenvalue weighted by Crippen LogP contribution is -2.56. The summed E-state index contributed by atoms with van der Waals surface area (Å²) in [5.41, 5.74) is 1.08. The maximum absolute atomic E-state index is 17.0. The number of aromatic hydroxyl groups is 1. The minimum absolute atomic E-state index is 0.00830. The zero-order valence-corrected chi connectivity index (χ0v) is 50.0. The van der Waals surface area contributed by atoms with Crippen molar-refractivity contribution >= 4 is 91.9 Å². The smallest absolute Gasteiger partial charge is 0.407 e. The summed E-state index contributed by atoms with van der Waals surface area (Å²) in [7, 11) is 3.00. The van der Waals surface area contributed by atoms with Crippen LogP contribution in [0.15, 0.2) is 84.8 Å². The Bertz CT molecular complexity index is 3470. The van der Waals surface area contributed by atoms with Gasteiger partial charge in [0.2, 0.25) is 35.4 Å². The van der Waals surface area contributed by atoms with Crippen molar-refractivity contribution in [3.8, 4) is 22.6 Å². The number of phenolic OH excluding ortho intramolecular Hbond substituents is 1. The van der Waals surface area contributed by atoms with Crippen LogP contribution < -0.4 is 20.3 Å². The van der Waals surface area contributed by atoms with E-state index in [1.165, 1.54) is 37.5 Å². The number of ketones is 1. The van der Waals surface area contributed by atoms with Crippen molar-refractivity contribution in [3.05, 3.63) is 112 Å². The quantitative estimate of drug-likeness (QED) is 0.0238. The molecule has 0 spiro atoms. The van der Waals surface area contributed by atoms with Crippen LogP contribution in [-0.2, 0) is 28.7 Å². The molecule has 6 aromatic rings. The summed E-state index contributed by atoms with van der Waals surface area (Å²) in [4.78, 5) is 101. The number of hydrogen-bond acceptors (Lipinski definition) is 16. The SMILES string of the molecule is C=CC(=O)N1CCN(c2nc(NCCC(=O)N(C)CCOCCOCCOc3cccc(C(=O)c4csc([C@@H]5CCCN5C(=O)[C@@H](NC(=O)[C@H](C)N(C)C(=O)O)C5CCCCC5)n4)c3)nc3c(F)c(-c4cc(O)cc5ccccc45)c(Cl)cc23)CC1. The largest absolute Gasteiger partial charge is 0.508 e. The fraction of sp³-hybridized carbons (Fsp3) is 0.435. The second kappa shape index (κ2) is 28.9. The molecule has 4 N–H and O–H groups in total. The minimum atomic E-state index is -1.24. The topological polar surface area (TPSA) is 249 Å². The van der Waals surface area contributed by atoms with Gasteiger partial charge in [0.25, 0.3) is 0 Å². The highest BCUT2D eigenvalue weighted by molar-refractivity contribution is 7.10. The fourth-order valence-corrected chi connectivity index (χ4v) is 12.4. The molecule has 0 bridgehead atoms. The Morgan fingerprint density at radius 1 is 0.872 bits per heavy atom. The lowest BCUT2D eigenvalue weighted by molar-refractivity contribution is -0.140. The third kappa shape index (κ3) is 14.8. The molecule has 0 radical (unpaired) electrons. The Morgan fingerprint density at radius 2 is 1.62 bits per heavy atom. The second-order valence-corrected chi connectivity index (χ2v) is 23.0. The Kier molecular flexibility index (Phi) is 21.0. The summed E-state index contributed by atoms with van der Waals surface area (Å²) in [5, 5.41) is 30.3. The third-order valence-electron chi connectivity index (χ3n) is 16.2. The number of benzene rings is 4. The summed E-state index contributed by atoms with van der Waals surface area (Å²) >= 11 is 8.20. The van der Waals surface area contributed by atoms with E-state index in [9.17, 15) is 39.0 Å². The zero-order valence-electron chi connectivity index (χ0n) is 48.5. The summed E-state index contributed by atoms with van der Waals surface area (Å²) in [5.74, 6) is -1.27. The van der Waals surface area contributed by atoms with Crippen molar-refractivity contribution in [3.63, 3.8) is 0 Å². The van der Waals surface area contributed by atoms with Crippen LogP contribution >= 0.6 is 22.9 Å². The van der Waals surface area contributed by atoms with Gasteiger partial charge in [-0.15, -0.1) is 11.3 Å². The molecule has 21 nitrogen and oxygen atoms in total. The molecule has 3 fully saturated rings. The highest BCUT2D eigenvalue weighted by Crippen LogP contribution is 2.43. The number of piperazine rings is 1. The summed E-state index contributed by atoms with van der Waals surface area (Å²) < 4.78 is 34.4. The summed E-state index contributed by atoms with van der Waals surface area (Å²) in [6.45, 7) is 8.83. The Balaban J connectivity index is 0.716. The maximum Gasteiger partial charge on any atom is 0.407 e. The van der Waals surface area contributed by atoms with Crippen molar-refractivity contribution in [1.82, 2.24) is 39.9 Å². The average molecular weight is 1220 g/mol. The third-order valence-corrected chi connectivity index (χ3v) is 17.4. The van der Waals surface area contributed by atoms with Gasteiger partial charge < -0.3 is 54.7 Å². The first-order chi connectivity index (χ1) is 41.5. The average Bonchev–Trinajstić information content (AvgIpc) is 1.03. The molecule has 1 saturated carbocycles. The predicted octanol–water partition coefficient (Wildman–Crippen LogP) is 8.57. The van der Waals surface area contributed by atoms with Gasteiger partial charge in [-0.3, -0.25) is 28.9 Å². The van der Waals surface area contributed by atoms with E-state index in [0.29, 0.717) is 89.5 Å². The van der Waals surface area contributed by atoms with Crippen LogP contribution in [0.1, 0.15) is 85.4 Å². The van der Waals surface area contributed by atoms with E-state index in [4.69, 9.17) is 35.8 Å². The van der Waals surface area contributed by atoms with Gasteiger partial charge in [0.05, 0.1) is 37.5 Å². The van der Waals surface area contributed by atoms with Crippen molar-refractivity contribution < 1.29 is 57.6 Å². The van der Waals surface area contributed by atoms with Gasteiger partial charge >= 0.3 is 6.09 Å². The number of carbonyl (C=O) groups excluding carboxylic acids is 5. The van der Waals surface area contributed by atoms with Crippen LogP contribution in [0.3, 0.4) is 0 Å². The first-order valence-electron chi connectivity index (χ1n) is 29.0. The Labute approximate surface area is 507 Å². The molecule has 0 unspecified atom stereocenters. The second-order valence-electron chi connectivity index (χ2n) is 21.7. The molecule has 1 aliphatic carbocycles. The molecule has 2 aliphatic heterocycles. The number of fused-ring (bicyclic) bond motifs is 2. The van der Waals surface area contributed by atoms with E-state index in [2.05, 4.69) is 22.2 Å². The van der Waals surface area contributed by atoms with E-state index in [0.717, 1.165) is 43.4 Å². The van der Waals surface area contributed by atoms with E-state index < -0.39 is 29.9 Å². The lowest BCUT2D eigenvalue weighted by atomic mass is 9.83. The molecular weight excluding hydrogens is 1150 g/mol. The molecule has 2 aromatic heterocycles. The van der Waals surface area contributed by atoms with E-state index in [1.54, 1.807) is 63.5 Å². The van der Waals surface area contributed by atoms with E-state index in [1.807, 2.05) is 29.2 Å². The molecule has 24 heteroatoms. The number of thiazole rings is 1. The Morgan fingerprint density at radius 3 is 2.37 bits per heavy atom. The van der Waals surface area contributed by atoms with Gasteiger partial charge in [-0.2, -0.15) is 4.98 Å². The van der Waals surface area contributed by atoms with Crippen molar-refractivity contribution in [2.45, 2.75) is 76.4 Å². The number of aromatic nitrogens is 3. The molecule has 4 heterocycles. The molecule has 86 heavy (non-hydrogen) atoms.